The molecule has 1 aliphatic heterocycles. The zero-order valence-electron chi connectivity index (χ0n) is 15.6. The number of allylic oxidation sites excluding steroid dienone is 1. The summed E-state index contributed by atoms with van der Waals surface area (Å²) >= 11 is 0. The van der Waals surface area contributed by atoms with Gasteiger partial charge in [-0.05, 0) is 69.8 Å². The van der Waals surface area contributed by atoms with Gasteiger partial charge in [0.15, 0.2) is 0 Å². The fraction of sp³-hybridized carbons (Fsp3) is 0.619. The number of hydrogen-bond donors (Lipinski definition) is 0. The van der Waals surface area contributed by atoms with Crippen LogP contribution in [0.15, 0.2) is 35.9 Å². The van der Waals surface area contributed by atoms with Crippen molar-refractivity contribution in [1.82, 2.24) is 9.80 Å². The Bertz CT molecular complexity index is 522. The Hall–Kier alpha value is -1.19. The van der Waals surface area contributed by atoms with Crippen LogP contribution in [0.1, 0.15) is 39.2 Å². The summed E-state index contributed by atoms with van der Waals surface area (Å²) in [5.74, 6) is 0.638. The summed E-state index contributed by atoms with van der Waals surface area (Å²) in [7, 11) is 0. The topological polar surface area (TPSA) is 6.48 Å². The Kier molecular flexibility index (Phi) is 7.93. The van der Waals surface area contributed by atoms with Gasteiger partial charge in [-0.25, -0.2) is 4.39 Å². The number of halogens is 1. The molecule has 1 aromatic rings. The molecule has 1 fully saturated rings. The first-order valence-corrected chi connectivity index (χ1v) is 9.39. The maximum absolute atomic E-state index is 13.3. The van der Waals surface area contributed by atoms with Crippen molar-refractivity contribution in [3.8, 4) is 0 Å². The molecule has 0 bridgehead atoms. The third kappa shape index (κ3) is 6.74. The van der Waals surface area contributed by atoms with E-state index >= 15 is 0 Å². The van der Waals surface area contributed by atoms with Crippen LogP contribution in [0.3, 0.4) is 0 Å². The van der Waals surface area contributed by atoms with E-state index in [0.29, 0.717) is 0 Å². The highest BCUT2D eigenvalue weighted by Gasteiger charge is 2.21. The average molecular weight is 333 g/mol. The lowest BCUT2D eigenvalue weighted by molar-refractivity contribution is 0.141. The predicted molar refractivity (Wildman–Crippen MR) is 101 cm³/mol. The molecule has 2 nitrogen and oxygen atoms in total. The molecular weight excluding hydrogens is 299 g/mol. The van der Waals surface area contributed by atoms with Crippen LogP contribution in [0.25, 0.3) is 0 Å². The van der Waals surface area contributed by atoms with Crippen LogP contribution in [0.4, 0.5) is 4.39 Å². The summed E-state index contributed by atoms with van der Waals surface area (Å²) in [6, 6.07) is 7.03. The first kappa shape index (κ1) is 19.1. The van der Waals surface area contributed by atoms with E-state index in [1.165, 1.54) is 44.1 Å². The van der Waals surface area contributed by atoms with E-state index in [9.17, 15) is 4.39 Å². The van der Waals surface area contributed by atoms with E-state index in [0.717, 1.165) is 37.5 Å². The van der Waals surface area contributed by atoms with E-state index in [-0.39, 0.29) is 5.82 Å². The smallest absolute Gasteiger partial charge is 0.123 e. The van der Waals surface area contributed by atoms with Crippen LogP contribution in [0.2, 0.25) is 0 Å². The SMILES string of the molecule is CCN(CC=C(C)C)C[C@@H]1CCCN(CCc2cccc(F)c2)C1. The van der Waals surface area contributed by atoms with Crippen LogP contribution >= 0.6 is 0 Å². The Morgan fingerprint density at radius 1 is 1.38 bits per heavy atom. The van der Waals surface area contributed by atoms with Crippen LogP contribution in [-0.4, -0.2) is 49.1 Å². The van der Waals surface area contributed by atoms with Crippen molar-refractivity contribution >= 4 is 0 Å². The molecule has 1 heterocycles. The van der Waals surface area contributed by atoms with Crippen LogP contribution < -0.4 is 0 Å². The molecule has 0 unspecified atom stereocenters. The molecule has 1 saturated heterocycles. The minimum atomic E-state index is -0.123. The molecule has 2 rings (SSSR count). The molecule has 0 aromatic heterocycles. The summed E-state index contributed by atoms with van der Waals surface area (Å²) in [6.07, 6.45) is 5.89. The molecular formula is C21H33FN2. The van der Waals surface area contributed by atoms with Gasteiger partial charge in [-0.1, -0.05) is 30.7 Å². The molecule has 1 aliphatic rings. The second kappa shape index (κ2) is 9.95. The van der Waals surface area contributed by atoms with Crippen LogP contribution in [0, 0.1) is 11.7 Å². The molecule has 1 aromatic carbocycles. The quantitative estimate of drug-likeness (QED) is 0.652. The number of rotatable bonds is 8. The highest BCUT2D eigenvalue weighted by molar-refractivity contribution is 5.16. The maximum Gasteiger partial charge on any atom is 0.123 e. The first-order chi connectivity index (χ1) is 11.6. The lowest BCUT2D eigenvalue weighted by Gasteiger charge is -2.35. The van der Waals surface area contributed by atoms with E-state index in [2.05, 4.69) is 36.6 Å². The van der Waals surface area contributed by atoms with Gasteiger partial charge in [-0.3, -0.25) is 4.90 Å². The lowest BCUT2D eigenvalue weighted by atomic mass is 9.97. The van der Waals surface area contributed by atoms with Gasteiger partial charge in [0.1, 0.15) is 5.82 Å². The van der Waals surface area contributed by atoms with Crippen LogP contribution in [-0.2, 0) is 6.42 Å². The molecule has 0 saturated carbocycles. The normalized spacial score (nSPS) is 18.8. The fourth-order valence-electron chi connectivity index (χ4n) is 3.49. The van der Waals surface area contributed by atoms with Crippen molar-refractivity contribution in [2.45, 2.75) is 40.0 Å². The second-order valence-electron chi connectivity index (χ2n) is 7.32. The fourth-order valence-corrected chi connectivity index (χ4v) is 3.49. The lowest BCUT2D eigenvalue weighted by Crippen LogP contribution is -2.41. The molecule has 134 valence electrons. The second-order valence-corrected chi connectivity index (χ2v) is 7.32. The number of likely N-dealkylation sites (tertiary alicyclic amines) is 1. The van der Waals surface area contributed by atoms with E-state index in [4.69, 9.17) is 0 Å². The highest BCUT2D eigenvalue weighted by Crippen LogP contribution is 2.18. The van der Waals surface area contributed by atoms with Crippen LogP contribution in [0.5, 0.6) is 0 Å². The first-order valence-electron chi connectivity index (χ1n) is 9.39. The van der Waals surface area contributed by atoms with Crippen molar-refractivity contribution in [1.29, 1.82) is 0 Å². The summed E-state index contributed by atoms with van der Waals surface area (Å²) in [4.78, 5) is 5.11. The Morgan fingerprint density at radius 2 is 2.21 bits per heavy atom. The van der Waals surface area contributed by atoms with Crippen molar-refractivity contribution in [2.75, 3.05) is 39.3 Å². The predicted octanol–water partition coefficient (Wildman–Crippen LogP) is 4.37. The number of hydrogen-bond acceptors (Lipinski definition) is 2. The molecule has 3 heteroatoms. The Morgan fingerprint density at radius 3 is 2.92 bits per heavy atom. The van der Waals surface area contributed by atoms with Gasteiger partial charge >= 0.3 is 0 Å². The maximum atomic E-state index is 13.3. The van der Waals surface area contributed by atoms with Gasteiger partial charge in [-0.2, -0.15) is 0 Å². The van der Waals surface area contributed by atoms with Gasteiger partial charge < -0.3 is 4.90 Å². The van der Waals surface area contributed by atoms with E-state index in [1.54, 1.807) is 6.07 Å². The van der Waals surface area contributed by atoms with E-state index in [1.807, 2.05) is 12.1 Å². The highest BCUT2D eigenvalue weighted by atomic mass is 19.1. The van der Waals surface area contributed by atoms with Gasteiger partial charge in [0.05, 0.1) is 0 Å². The third-order valence-electron chi connectivity index (χ3n) is 4.93. The zero-order valence-corrected chi connectivity index (χ0v) is 15.6. The number of piperidine rings is 1. The van der Waals surface area contributed by atoms with Gasteiger partial charge in [-0.15, -0.1) is 0 Å². The molecule has 0 radical (unpaired) electrons. The molecule has 0 aliphatic carbocycles. The minimum absolute atomic E-state index is 0.123. The van der Waals surface area contributed by atoms with Crippen molar-refractivity contribution < 1.29 is 4.39 Å². The van der Waals surface area contributed by atoms with Crippen molar-refractivity contribution in [3.05, 3.63) is 47.3 Å². The number of benzene rings is 1. The Labute approximate surface area is 147 Å². The standard InChI is InChI=1S/C21H33FN2/c1-4-23(13-10-18(2)3)16-20-8-6-12-24(17-20)14-11-19-7-5-9-21(22)15-19/h5,7,9-10,15,20H,4,6,8,11-14,16-17H2,1-3H3/t20-/m0/s1. The number of nitrogens with zero attached hydrogens (tertiary/aromatic N) is 2. The summed E-state index contributed by atoms with van der Waals surface area (Å²) < 4.78 is 13.3. The van der Waals surface area contributed by atoms with Gasteiger partial charge in [0, 0.05) is 26.2 Å². The summed E-state index contributed by atoms with van der Waals surface area (Å²) in [6.45, 7) is 13.4. The molecule has 0 amide bonds. The Balaban J connectivity index is 1.79. The monoisotopic (exact) mass is 332 g/mol. The van der Waals surface area contributed by atoms with E-state index < -0.39 is 0 Å². The van der Waals surface area contributed by atoms with Gasteiger partial charge in [0.2, 0.25) is 0 Å². The zero-order chi connectivity index (χ0) is 17.4. The average Bonchev–Trinajstić information content (AvgIpc) is 2.57. The minimum Gasteiger partial charge on any atom is -0.303 e. The molecule has 0 N–H and O–H groups in total. The van der Waals surface area contributed by atoms with Gasteiger partial charge in [0.25, 0.3) is 0 Å². The number of likely N-dealkylation sites (N-methyl/N-ethyl adjacent to an activating group) is 1. The van der Waals surface area contributed by atoms with Crippen molar-refractivity contribution in [2.24, 2.45) is 5.92 Å². The summed E-state index contributed by atoms with van der Waals surface area (Å²) in [5, 5.41) is 0. The third-order valence-corrected chi connectivity index (χ3v) is 4.93. The largest absolute Gasteiger partial charge is 0.303 e. The summed E-state index contributed by atoms with van der Waals surface area (Å²) in [5.41, 5.74) is 2.50. The van der Waals surface area contributed by atoms with Crippen molar-refractivity contribution in [3.63, 3.8) is 0 Å². The molecule has 1 atom stereocenters. The molecule has 0 spiro atoms. The molecule has 24 heavy (non-hydrogen) atoms.